The third-order valence-electron chi connectivity index (χ3n) is 5.86. The fourth-order valence-corrected chi connectivity index (χ4v) is 3.86. The van der Waals surface area contributed by atoms with Gasteiger partial charge in [0, 0.05) is 19.6 Å². The van der Waals surface area contributed by atoms with Crippen LogP contribution < -0.4 is 24.8 Å². The minimum atomic E-state index is -0.637. The van der Waals surface area contributed by atoms with Gasteiger partial charge in [0.15, 0.2) is 11.5 Å². The maximum atomic E-state index is 13.0. The second-order valence-electron chi connectivity index (χ2n) is 8.38. The number of rotatable bonds is 8. The molecule has 0 saturated carbocycles. The molecule has 33 heavy (non-hydrogen) atoms. The van der Waals surface area contributed by atoms with Crippen LogP contribution in [0.2, 0.25) is 0 Å². The van der Waals surface area contributed by atoms with Crippen LogP contribution in [0.3, 0.4) is 0 Å². The fraction of sp³-hybridized carbons (Fsp3) is 0.440. The van der Waals surface area contributed by atoms with Gasteiger partial charge < -0.3 is 29.7 Å². The average Bonchev–Trinajstić information content (AvgIpc) is 2.84. The zero-order valence-electron chi connectivity index (χ0n) is 19.9. The van der Waals surface area contributed by atoms with Crippen molar-refractivity contribution in [2.24, 2.45) is 5.92 Å². The van der Waals surface area contributed by atoms with Gasteiger partial charge in [0.05, 0.1) is 21.3 Å². The van der Waals surface area contributed by atoms with Crippen LogP contribution in [0.15, 0.2) is 36.4 Å². The van der Waals surface area contributed by atoms with E-state index in [1.54, 1.807) is 26.2 Å². The molecule has 1 aliphatic rings. The number of fused-ring (bicyclic) bond motifs is 1. The number of hydrogen-bond donors (Lipinski definition) is 2. The first-order chi connectivity index (χ1) is 15.9. The molecular weight excluding hydrogens is 422 g/mol. The van der Waals surface area contributed by atoms with Crippen LogP contribution in [0.1, 0.15) is 30.5 Å². The molecule has 0 fully saturated rings. The first kappa shape index (κ1) is 24.2. The van der Waals surface area contributed by atoms with E-state index in [4.69, 9.17) is 14.2 Å². The summed E-state index contributed by atoms with van der Waals surface area (Å²) in [7, 11) is 4.81. The van der Waals surface area contributed by atoms with E-state index in [1.807, 2.05) is 50.2 Å². The number of benzene rings is 2. The number of carbonyl (C=O) groups is 2. The normalized spacial score (nSPS) is 13.7. The molecule has 0 aliphatic carbocycles. The van der Waals surface area contributed by atoms with E-state index in [-0.39, 0.29) is 17.9 Å². The number of ether oxygens (including phenoxy) is 3. The molecule has 3 rings (SSSR count). The van der Waals surface area contributed by atoms with Gasteiger partial charge >= 0.3 is 6.03 Å². The summed E-state index contributed by atoms with van der Waals surface area (Å²) in [6.07, 6.45) is 0.707. The van der Waals surface area contributed by atoms with Crippen molar-refractivity contribution in [3.63, 3.8) is 0 Å². The Labute approximate surface area is 195 Å². The first-order valence-electron chi connectivity index (χ1n) is 11.1. The number of methoxy groups -OCH3 is 3. The highest BCUT2D eigenvalue weighted by molar-refractivity contribution is 5.87. The van der Waals surface area contributed by atoms with Gasteiger partial charge in [0.25, 0.3) is 0 Å². The number of carbonyl (C=O) groups excluding carboxylic acids is 2. The molecule has 0 bridgehead atoms. The smallest absolute Gasteiger partial charge is 0.318 e. The van der Waals surface area contributed by atoms with Gasteiger partial charge in [-0.1, -0.05) is 26.0 Å². The summed E-state index contributed by atoms with van der Waals surface area (Å²) in [5.41, 5.74) is 3.10. The lowest BCUT2D eigenvalue weighted by Crippen LogP contribution is -2.54. The second kappa shape index (κ2) is 10.9. The number of hydrogen-bond acceptors (Lipinski definition) is 5. The van der Waals surface area contributed by atoms with Crippen molar-refractivity contribution in [2.75, 3.05) is 27.9 Å². The predicted octanol–water partition coefficient (Wildman–Crippen LogP) is 3.12. The van der Waals surface area contributed by atoms with E-state index in [0.717, 1.165) is 22.4 Å². The van der Waals surface area contributed by atoms with E-state index >= 15 is 0 Å². The summed E-state index contributed by atoms with van der Waals surface area (Å²) in [6, 6.07) is 10.5. The Kier molecular flexibility index (Phi) is 8.03. The molecule has 1 atom stereocenters. The summed E-state index contributed by atoms with van der Waals surface area (Å²) in [5, 5.41) is 5.85. The van der Waals surface area contributed by atoms with Crippen LogP contribution in [0, 0.1) is 5.92 Å². The van der Waals surface area contributed by atoms with E-state index in [0.29, 0.717) is 37.6 Å². The Bertz CT molecular complexity index is 975. The standard InChI is InChI=1S/C25H33N3O5/c1-16(2)23(24(29)26-14-17-6-8-20(31-3)9-7-17)27-25(30)28-11-10-18-12-21(32-4)22(33-5)13-19(18)15-28/h6-9,12-13,16,23H,10-11,14-15H2,1-5H3,(H,26,29)(H,27,30). The van der Waals surface area contributed by atoms with Gasteiger partial charge in [-0.25, -0.2) is 4.79 Å². The molecule has 1 unspecified atom stereocenters. The lowest BCUT2D eigenvalue weighted by Gasteiger charge is -2.32. The summed E-state index contributed by atoms with van der Waals surface area (Å²) in [4.78, 5) is 27.6. The number of amides is 3. The SMILES string of the molecule is COc1ccc(CNC(=O)C(NC(=O)N2CCc3cc(OC)c(OC)cc3C2)C(C)C)cc1. The van der Waals surface area contributed by atoms with E-state index in [2.05, 4.69) is 10.6 Å². The maximum Gasteiger partial charge on any atom is 0.318 e. The quantitative estimate of drug-likeness (QED) is 0.639. The Morgan fingerprint density at radius 1 is 0.970 bits per heavy atom. The molecule has 2 aromatic rings. The van der Waals surface area contributed by atoms with E-state index < -0.39 is 6.04 Å². The van der Waals surface area contributed by atoms with Crippen molar-refractivity contribution in [1.82, 2.24) is 15.5 Å². The third kappa shape index (κ3) is 5.88. The molecule has 0 saturated heterocycles. The van der Waals surface area contributed by atoms with Crippen molar-refractivity contribution < 1.29 is 23.8 Å². The van der Waals surface area contributed by atoms with Crippen molar-refractivity contribution >= 4 is 11.9 Å². The van der Waals surface area contributed by atoms with Gasteiger partial charge in [-0.15, -0.1) is 0 Å². The van der Waals surface area contributed by atoms with Gasteiger partial charge in [-0.05, 0) is 53.3 Å². The molecule has 0 aromatic heterocycles. The molecule has 2 aromatic carbocycles. The lowest BCUT2D eigenvalue weighted by molar-refractivity contribution is -0.124. The third-order valence-corrected chi connectivity index (χ3v) is 5.86. The largest absolute Gasteiger partial charge is 0.497 e. The van der Waals surface area contributed by atoms with Gasteiger partial charge in [-0.3, -0.25) is 4.79 Å². The lowest BCUT2D eigenvalue weighted by atomic mass is 9.99. The van der Waals surface area contributed by atoms with E-state index in [9.17, 15) is 9.59 Å². The zero-order chi connectivity index (χ0) is 24.0. The van der Waals surface area contributed by atoms with Crippen LogP contribution in [-0.4, -0.2) is 50.8 Å². The summed E-state index contributed by atoms with van der Waals surface area (Å²) < 4.78 is 15.9. The van der Waals surface area contributed by atoms with Crippen LogP contribution >= 0.6 is 0 Å². The van der Waals surface area contributed by atoms with Crippen LogP contribution in [0.25, 0.3) is 0 Å². The molecule has 178 valence electrons. The monoisotopic (exact) mass is 455 g/mol. The average molecular weight is 456 g/mol. The fourth-order valence-electron chi connectivity index (χ4n) is 3.86. The predicted molar refractivity (Wildman–Crippen MR) is 126 cm³/mol. The van der Waals surface area contributed by atoms with Crippen molar-refractivity contribution in [2.45, 2.75) is 39.4 Å². The number of nitrogens with one attached hydrogen (secondary N) is 2. The van der Waals surface area contributed by atoms with E-state index in [1.165, 1.54) is 0 Å². The highest BCUT2D eigenvalue weighted by Gasteiger charge is 2.28. The molecule has 3 amide bonds. The highest BCUT2D eigenvalue weighted by Crippen LogP contribution is 2.33. The van der Waals surface area contributed by atoms with Gasteiger partial charge in [0.1, 0.15) is 11.8 Å². The molecule has 8 nitrogen and oxygen atoms in total. The Morgan fingerprint density at radius 2 is 1.61 bits per heavy atom. The molecule has 0 radical (unpaired) electrons. The minimum Gasteiger partial charge on any atom is -0.497 e. The Morgan fingerprint density at radius 3 is 2.18 bits per heavy atom. The molecule has 1 aliphatic heterocycles. The number of nitrogens with zero attached hydrogens (tertiary/aromatic N) is 1. The molecular formula is C25H33N3O5. The summed E-state index contributed by atoms with van der Waals surface area (Å²) in [5.74, 6) is 1.81. The van der Waals surface area contributed by atoms with Gasteiger partial charge in [-0.2, -0.15) is 0 Å². The first-order valence-corrected chi connectivity index (χ1v) is 11.1. The minimum absolute atomic E-state index is 0.0637. The van der Waals surface area contributed by atoms with Crippen molar-refractivity contribution in [3.8, 4) is 17.2 Å². The van der Waals surface area contributed by atoms with Crippen LogP contribution in [0.5, 0.6) is 17.2 Å². The number of urea groups is 1. The Balaban J connectivity index is 1.62. The van der Waals surface area contributed by atoms with Crippen molar-refractivity contribution in [3.05, 3.63) is 53.1 Å². The molecule has 0 spiro atoms. The zero-order valence-corrected chi connectivity index (χ0v) is 19.9. The molecule has 1 heterocycles. The Hall–Kier alpha value is -3.42. The topological polar surface area (TPSA) is 89.1 Å². The van der Waals surface area contributed by atoms with Crippen LogP contribution in [0.4, 0.5) is 4.79 Å². The van der Waals surface area contributed by atoms with Crippen molar-refractivity contribution in [1.29, 1.82) is 0 Å². The maximum absolute atomic E-state index is 13.0. The summed E-state index contributed by atoms with van der Waals surface area (Å²) >= 11 is 0. The van der Waals surface area contributed by atoms with Gasteiger partial charge in [0.2, 0.25) is 5.91 Å². The highest BCUT2D eigenvalue weighted by atomic mass is 16.5. The van der Waals surface area contributed by atoms with Crippen LogP contribution in [-0.2, 0) is 24.3 Å². The molecule has 8 heteroatoms. The molecule has 2 N–H and O–H groups in total. The summed E-state index contributed by atoms with van der Waals surface area (Å²) in [6.45, 7) is 5.22. The second-order valence-corrected chi connectivity index (χ2v) is 8.38.